The lowest BCUT2D eigenvalue weighted by Gasteiger charge is -2.27. The molecule has 4 nitrogen and oxygen atoms in total. The van der Waals surface area contributed by atoms with E-state index in [1.54, 1.807) is 18.4 Å². The van der Waals surface area contributed by atoms with Crippen molar-refractivity contribution >= 4 is 17.2 Å². The number of carbonyl (C=O) groups excluding carboxylic acids is 1. The molecule has 128 valence electrons. The van der Waals surface area contributed by atoms with Crippen molar-refractivity contribution in [2.45, 2.75) is 19.4 Å². The van der Waals surface area contributed by atoms with E-state index in [4.69, 9.17) is 4.74 Å². The third-order valence-corrected chi connectivity index (χ3v) is 5.70. The summed E-state index contributed by atoms with van der Waals surface area (Å²) in [7, 11) is 3.78. The Morgan fingerprint density at radius 3 is 2.58 bits per heavy atom. The molecule has 0 radical (unpaired) electrons. The zero-order chi connectivity index (χ0) is 16.9. The highest BCUT2D eigenvalue weighted by Crippen LogP contribution is 2.29. The van der Waals surface area contributed by atoms with Crippen LogP contribution < -0.4 is 10.1 Å². The van der Waals surface area contributed by atoms with E-state index in [2.05, 4.69) is 41.5 Å². The second kappa shape index (κ2) is 7.81. The Hall–Kier alpha value is -1.85. The number of rotatable bonds is 5. The van der Waals surface area contributed by atoms with Crippen LogP contribution in [-0.4, -0.2) is 38.1 Å². The quantitative estimate of drug-likeness (QED) is 0.904. The van der Waals surface area contributed by atoms with Crippen LogP contribution >= 0.6 is 11.3 Å². The SMILES string of the molecule is COc1ccc(-c2ccc(CNC(=O)C3CCN(C)CC3)s2)cc1. The predicted molar refractivity (Wildman–Crippen MR) is 98.4 cm³/mol. The first kappa shape index (κ1) is 17.0. The predicted octanol–water partition coefficient (Wildman–Crippen LogP) is 3.38. The summed E-state index contributed by atoms with van der Waals surface area (Å²) in [6.45, 7) is 2.64. The van der Waals surface area contributed by atoms with Crippen LogP contribution in [-0.2, 0) is 11.3 Å². The van der Waals surface area contributed by atoms with Gasteiger partial charge in [0.2, 0.25) is 5.91 Å². The number of methoxy groups -OCH3 is 1. The number of piperidine rings is 1. The molecule has 0 bridgehead atoms. The maximum absolute atomic E-state index is 12.3. The summed E-state index contributed by atoms with van der Waals surface area (Å²) in [5, 5.41) is 3.10. The highest BCUT2D eigenvalue weighted by molar-refractivity contribution is 7.15. The van der Waals surface area contributed by atoms with Crippen molar-refractivity contribution in [3.8, 4) is 16.2 Å². The van der Waals surface area contributed by atoms with Gasteiger partial charge in [-0.2, -0.15) is 0 Å². The van der Waals surface area contributed by atoms with Crippen molar-refractivity contribution < 1.29 is 9.53 Å². The zero-order valence-electron chi connectivity index (χ0n) is 14.2. The van der Waals surface area contributed by atoms with Gasteiger partial charge in [-0.05, 0) is 74.9 Å². The molecule has 1 N–H and O–H groups in total. The smallest absolute Gasteiger partial charge is 0.223 e. The monoisotopic (exact) mass is 344 g/mol. The van der Waals surface area contributed by atoms with Gasteiger partial charge in [0.1, 0.15) is 5.75 Å². The molecule has 0 spiro atoms. The van der Waals surface area contributed by atoms with E-state index in [-0.39, 0.29) is 11.8 Å². The van der Waals surface area contributed by atoms with Gasteiger partial charge in [-0.3, -0.25) is 4.79 Å². The van der Waals surface area contributed by atoms with E-state index >= 15 is 0 Å². The summed E-state index contributed by atoms with van der Waals surface area (Å²) in [6.07, 6.45) is 1.92. The van der Waals surface area contributed by atoms with Crippen molar-refractivity contribution in [2.75, 3.05) is 27.2 Å². The average Bonchev–Trinajstić information content (AvgIpc) is 3.09. The summed E-state index contributed by atoms with van der Waals surface area (Å²) < 4.78 is 5.19. The van der Waals surface area contributed by atoms with Crippen molar-refractivity contribution in [3.63, 3.8) is 0 Å². The van der Waals surface area contributed by atoms with Crippen LogP contribution in [0.5, 0.6) is 5.75 Å². The molecule has 1 fully saturated rings. The Bertz CT molecular complexity index is 673. The average molecular weight is 344 g/mol. The lowest BCUT2D eigenvalue weighted by Crippen LogP contribution is -2.38. The van der Waals surface area contributed by atoms with E-state index in [0.717, 1.165) is 31.7 Å². The van der Waals surface area contributed by atoms with Crippen LogP contribution in [0, 0.1) is 5.92 Å². The standard InChI is InChI=1S/C19H24N2O2S/c1-21-11-9-15(10-12-21)19(22)20-13-17-7-8-18(24-17)14-3-5-16(23-2)6-4-14/h3-8,15H,9-13H2,1-2H3,(H,20,22). The van der Waals surface area contributed by atoms with E-state index in [0.29, 0.717) is 6.54 Å². The van der Waals surface area contributed by atoms with Gasteiger partial charge in [0.15, 0.2) is 0 Å². The fourth-order valence-electron chi connectivity index (χ4n) is 2.97. The topological polar surface area (TPSA) is 41.6 Å². The minimum absolute atomic E-state index is 0.169. The Labute approximate surface area is 147 Å². The van der Waals surface area contributed by atoms with Crippen LogP contribution in [0.25, 0.3) is 10.4 Å². The lowest BCUT2D eigenvalue weighted by atomic mass is 9.96. The van der Waals surface area contributed by atoms with Crippen LogP contribution in [0.2, 0.25) is 0 Å². The van der Waals surface area contributed by atoms with Crippen molar-refractivity contribution in [2.24, 2.45) is 5.92 Å². The van der Waals surface area contributed by atoms with Crippen LogP contribution in [0.15, 0.2) is 36.4 Å². The Kier molecular flexibility index (Phi) is 5.53. The Morgan fingerprint density at radius 2 is 1.92 bits per heavy atom. The molecule has 1 aromatic heterocycles. The molecule has 1 aromatic carbocycles. The fourth-order valence-corrected chi connectivity index (χ4v) is 3.93. The largest absolute Gasteiger partial charge is 0.497 e. The minimum atomic E-state index is 0.169. The molecular formula is C19H24N2O2S. The van der Waals surface area contributed by atoms with Gasteiger partial charge in [-0.25, -0.2) is 0 Å². The normalized spacial score (nSPS) is 16.1. The molecule has 1 aliphatic rings. The molecule has 1 aliphatic heterocycles. The number of amides is 1. The molecular weight excluding hydrogens is 320 g/mol. The number of ether oxygens (including phenoxy) is 1. The van der Waals surface area contributed by atoms with Gasteiger partial charge in [0.05, 0.1) is 13.7 Å². The third-order valence-electron chi connectivity index (χ3n) is 4.56. The van der Waals surface area contributed by atoms with Crippen molar-refractivity contribution in [3.05, 3.63) is 41.3 Å². The summed E-state index contributed by atoms with van der Waals surface area (Å²) in [5.74, 6) is 1.23. The second-order valence-electron chi connectivity index (χ2n) is 6.29. The summed E-state index contributed by atoms with van der Waals surface area (Å²) in [6, 6.07) is 12.3. The zero-order valence-corrected chi connectivity index (χ0v) is 15.1. The first-order valence-electron chi connectivity index (χ1n) is 8.35. The molecule has 2 heterocycles. The number of benzene rings is 1. The number of carbonyl (C=O) groups is 1. The van der Waals surface area contributed by atoms with E-state index < -0.39 is 0 Å². The Balaban J connectivity index is 1.55. The van der Waals surface area contributed by atoms with Gasteiger partial charge in [-0.1, -0.05) is 0 Å². The maximum atomic E-state index is 12.3. The summed E-state index contributed by atoms with van der Waals surface area (Å²) in [4.78, 5) is 17.0. The lowest BCUT2D eigenvalue weighted by molar-refractivity contribution is -0.126. The molecule has 0 aliphatic carbocycles. The van der Waals surface area contributed by atoms with Gasteiger partial charge in [0.25, 0.3) is 0 Å². The number of thiophene rings is 1. The first-order chi connectivity index (χ1) is 11.7. The maximum Gasteiger partial charge on any atom is 0.223 e. The van der Waals surface area contributed by atoms with Crippen LogP contribution in [0.1, 0.15) is 17.7 Å². The van der Waals surface area contributed by atoms with Crippen molar-refractivity contribution in [1.82, 2.24) is 10.2 Å². The molecule has 1 amide bonds. The highest BCUT2D eigenvalue weighted by Gasteiger charge is 2.23. The fraction of sp³-hybridized carbons (Fsp3) is 0.421. The molecule has 2 aromatic rings. The minimum Gasteiger partial charge on any atom is -0.497 e. The van der Waals surface area contributed by atoms with Gasteiger partial charge in [0, 0.05) is 15.7 Å². The van der Waals surface area contributed by atoms with Gasteiger partial charge < -0.3 is 15.0 Å². The molecule has 0 atom stereocenters. The molecule has 24 heavy (non-hydrogen) atoms. The van der Waals surface area contributed by atoms with E-state index in [1.165, 1.54) is 15.3 Å². The second-order valence-corrected chi connectivity index (χ2v) is 7.46. The number of likely N-dealkylation sites (tertiary alicyclic amines) is 1. The number of nitrogens with one attached hydrogen (secondary N) is 1. The number of hydrogen-bond acceptors (Lipinski definition) is 4. The van der Waals surface area contributed by atoms with Crippen LogP contribution in [0.3, 0.4) is 0 Å². The number of hydrogen-bond donors (Lipinski definition) is 1. The third kappa shape index (κ3) is 4.16. The van der Waals surface area contributed by atoms with Crippen molar-refractivity contribution in [1.29, 1.82) is 0 Å². The highest BCUT2D eigenvalue weighted by atomic mass is 32.1. The molecule has 0 unspecified atom stereocenters. The summed E-state index contributed by atoms with van der Waals surface area (Å²) >= 11 is 1.72. The van der Waals surface area contributed by atoms with Gasteiger partial charge in [-0.15, -0.1) is 11.3 Å². The van der Waals surface area contributed by atoms with Crippen LogP contribution in [0.4, 0.5) is 0 Å². The van der Waals surface area contributed by atoms with E-state index in [9.17, 15) is 4.79 Å². The van der Waals surface area contributed by atoms with Gasteiger partial charge >= 0.3 is 0 Å². The molecule has 5 heteroatoms. The van der Waals surface area contributed by atoms with E-state index in [1.807, 2.05) is 12.1 Å². The summed E-state index contributed by atoms with van der Waals surface area (Å²) in [5.41, 5.74) is 1.17. The number of nitrogens with zero attached hydrogens (tertiary/aromatic N) is 1. The molecule has 1 saturated heterocycles. The molecule has 3 rings (SSSR count). The Morgan fingerprint density at radius 1 is 1.21 bits per heavy atom. The first-order valence-corrected chi connectivity index (χ1v) is 9.17. The molecule has 0 saturated carbocycles.